The topological polar surface area (TPSA) is 88.7 Å². The summed E-state index contributed by atoms with van der Waals surface area (Å²) in [6.07, 6.45) is 5.15. The van der Waals surface area contributed by atoms with E-state index in [9.17, 15) is 9.90 Å². The molecular formula is C24H34ClN3O3S. The molecular weight excluding hydrogens is 446 g/mol. The number of halogens is 1. The molecule has 0 amide bonds. The van der Waals surface area contributed by atoms with E-state index in [0.29, 0.717) is 18.0 Å². The summed E-state index contributed by atoms with van der Waals surface area (Å²) in [4.78, 5) is 18.7. The number of aromatic nitrogens is 1. The van der Waals surface area contributed by atoms with E-state index in [1.807, 2.05) is 30.0 Å². The van der Waals surface area contributed by atoms with E-state index >= 15 is 0 Å². The fraction of sp³-hybridized carbons (Fsp3) is 0.583. The van der Waals surface area contributed by atoms with E-state index < -0.39 is 5.97 Å². The molecule has 0 saturated carbocycles. The number of aliphatic carboxylic acids is 1. The van der Waals surface area contributed by atoms with Crippen LogP contribution in [-0.4, -0.2) is 59.2 Å². The van der Waals surface area contributed by atoms with Crippen LogP contribution in [0.2, 0.25) is 5.02 Å². The van der Waals surface area contributed by atoms with Gasteiger partial charge in [-0.3, -0.25) is 9.78 Å². The van der Waals surface area contributed by atoms with Gasteiger partial charge in [0.15, 0.2) is 0 Å². The summed E-state index contributed by atoms with van der Waals surface area (Å²) in [6.45, 7) is 4.72. The number of rotatable bonds is 11. The zero-order chi connectivity index (χ0) is 23.1. The fourth-order valence-electron chi connectivity index (χ4n) is 4.55. The molecule has 6 nitrogen and oxygen atoms in total. The van der Waals surface area contributed by atoms with Crippen molar-refractivity contribution in [2.24, 2.45) is 17.6 Å². The molecule has 2 aromatic rings. The number of thioether (sulfide) groups is 1. The molecule has 1 fully saturated rings. The number of likely N-dealkylation sites (tertiary alicyclic amines) is 1. The average molecular weight is 480 g/mol. The number of hydrogen-bond acceptors (Lipinski definition) is 6. The van der Waals surface area contributed by atoms with Crippen LogP contribution in [0.25, 0.3) is 10.9 Å². The van der Waals surface area contributed by atoms with Crippen LogP contribution in [0.3, 0.4) is 0 Å². The number of methoxy groups -OCH3 is 1. The Balaban J connectivity index is 1.66. The molecule has 1 aromatic heterocycles. The third-order valence-electron chi connectivity index (χ3n) is 6.34. The molecule has 176 valence electrons. The fourth-order valence-corrected chi connectivity index (χ4v) is 5.72. The van der Waals surface area contributed by atoms with E-state index in [2.05, 4.69) is 16.8 Å². The van der Waals surface area contributed by atoms with Gasteiger partial charge >= 0.3 is 5.97 Å². The molecule has 0 bridgehead atoms. The van der Waals surface area contributed by atoms with Gasteiger partial charge in [-0.2, -0.15) is 11.8 Å². The van der Waals surface area contributed by atoms with Gasteiger partial charge in [0.1, 0.15) is 5.75 Å². The standard InChI is InChI=1S/C24H34ClN3O3S/c1-3-11-32-12-10-28-9-8-16(19(15-28)24(29)30)4-6-21(26)23-18-13-17(31-2)5-7-22(18)27-14-20(23)25/h5,7,13-14,16,19,21H,3-4,6,8-12,15,26H2,1-2H3,(H,29,30)/t16-,19+,21-/m0/s1. The molecule has 1 saturated heterocycles. The van der Waals surface area contributed by atoms with Crippen molar-refractivity contribution in [2.45, 2.75) is 38.6 Å². The van der Waals surface area contributed by atoms with Crippen molar-refractivity contribution in [2.75, 3.05) is 38.2 Å². The minimum absolute atomic E-state index is 0.125. The molecule has 0 spiro atoms. The maximum absolute atomic E-state index is 12.0. The number of fused-ring (bicyclic) bond motifs is 1. The number of hydrogen-bond donors (Lipinski definition) is 2. The number of nitrogens with two attached hydrogens (primary N) is 1. The van der Waals surface area contributed by atoms with Crippen LogP contribution in [0.4, 0.5) is 0 Å². The maximum atomic E-state index is 12.0. The lowest BCUT2D eigenvalue weighted by molar-refractivity contribution is -0.146. The molecule has 1 aromatic carbocycles. The van der Waals surface area contributed by atoms with Gasteiger partial charge < -0.3 is 20.5 Å². The maximum Gasteiger partial charge on any atom is 0.308 e. The molecule has 3 N–H and O–H groups in total. The lowest BCUT2D eigenvalue weighted by atomic mass is 9.81. The van der Waals surface area contributed by atoms with E-state index in [4.69, 9.17) is 22.1 Å². The van der Waals surface area contributed by atoms with Crippen LogP contribution >= 0.6 is 23.4 Å². The van der Waals surface area contributed by atoms with Crippen LogP contribution in [0.1, 0.15) is 44.2 Å². The summed E-state index contributed by atoms with van der Waals surface area (Å²) in [5, 5.41) is 11.3. The predicted molar refractivity (Wildman–Crippen MR) is 133 cm³/mol. The lowest BCUT2D eigenvalue weighted by Crippen LogP contribution is -2.44. The Labute approximate surface area is 199 Å². The van der Waals surface area contributed by atoms with Crippen LogP contribution in [0.15, 0.2) is 24.4 Å². The second kappa shape index (κ2) is 12.1. The molecule has 32 heavy (non-hydrogen) atoms. The first-order chi connectivity index (χ1) is 15.4. The SMILES string of the molecule is CCCSCCN1CC[C@H](CC[C@H](N)c2c(Cl)cnc3ccc(OC)cc23)[C@H](C(=O)O)C1. The highest BCUT2D eigenvalue weighted by molar-refractivity contribution is 7.99. The van der Waals surface area contributed by atoms with E-state index in [0.717, 1.165) is 59.7 Å². The number of carboxylic acid groups (broad SMARTS) is 1. The summed E-state index contributed by atoms with van der Waals surface area (Å²) in [5.74, 6) is 2.02. The molecule has 3 rings (SSSR count). The smallest absolute Gasteiger partial charge is 0.308 e. The Morgan fingerprint density at radius 3 is 2.97 bits per heavy atom. The number of nitrogens with zero attached hydrogens (tertiary/aromatic N) is 2. The number of carbonyl (C=O) groups is 1. The highest BCUT2D eigenvalue weighted by Crippen LogP contribution is 2.36. The number of piperidine rings is 1. The summed E-state index contributed by atoms with van der Waals surface area (Å²) in [6, 6.07) is 5.39. The quantitative estimate of drug-likeness (QED) is 0.445. The van der Waals surface area contributed by atoms with Crippen molar-refractivity contribution in [1.29, 1.82) is 0 Å². The number of pyridine rings is 1. The second-order valence-electron chi connectivity index (χ2n) is 8.49. The molecule has 8 heteroatoms. The molecule has 0 aliphatic carbocycles. The van der Waals surface area contributed by atoms with Crippen molar-refractivity contribution in [1.82, 2.24) is 9.88 Å². The normalized spacial score (nSPS) is 20.4. The first kappa shape index (κ1) is 25.1. The van der Waals surface area contributed by atoms with E-state index in [-0.39, 0.29) is 17.9 Å². The summed E-state index contributed by atoms with van der Waals surface area (Å²) in [7, 11) is 1.62. The minimum Gasteiger partial charge on any atom is -0.497 e. The molecule has 0 unspecified atom stereocenters. The highest BCUT2D eigenvalue weighted by Gasteiger charge is 2.34. The van der Waals surface area contributed by atoms with Gasteiger partial charge in [0.05, 0.1) is 23.6 Å². The Morgan fingerprint density at radius 2 is 2.25 bits per heavy atom. The van der Waals surface area contributed by atoms with Gasteiger partial charge in [-0.1, -0.05) is 18.5 Å². The summed E-state index contributed by atoms with van der Waals surface area (Å²) in [5.41, 5.74) is 8.27. The molecule has 2 heterocycles. The van der Waals surface area contributed by atoms with Gasteiger partial charge in [-0.15, -0.1) is 0 Å². The monoisotopic (exact) mass is 479 g/mol. The number of ether oxygens (including phenoxy) is 1. The van der Waals surface area contributed by atoms with Crippen molar-refractivity contribution in [3.63, 3.8) is 0 Å². The molecule has 1 aliphatic heterocycles. The Hall–Kier alpha value is -1.54. The first-order valence-corrected chi connectivity index (χ1v) is 12.9. The van der Waals surface area contributed by atoms with Crippen molar-refractivity contribution < 1.29 is 14.6 Å². The molecule has 3 atom stereocenters. The van der Waals surface area contributed by atoms with Crippen LogP contribution in [-0.2, 0) is 4.79 Å². The minimum atomic E-state index is -0.702. The summed E-state index contributed by atoms with van der Waals surface area (Å²) < 4.78 is 5.36. The van der Waals surface area contributed by atoms with Gasteiger partial charge in [-0.25, -0.2) is 0 Å². The van der Waals surface area contributed by atoms with Gasteiger partial charge in [0.2, 0.25) is 0 Å². The molecule has 0 radical (unpaired) electrons. The second-order valence-corrected chi connectivity index (χ2v) is 10.1. The van der Waals surface area contributed by atoms with Crippen LogP contribution in [0.5, 0.6) is 5.75 Å². The van der Waals surface area contributed by atoms with E-state index in [1.54, 1.807) is 13.3 Å². The van der Waals surface area contributed by atoms with Crippen molar-refractivity contribution in [3.05, 3.63) is 35.0 Å². The first-order valence-electron chi connectivity index (χ1n) is 11.3. The number of benzene rings is 1. The Kier molecular flexibility index (Phi) is 9.46. The van der Waals surface area contributed by atoms with Crippen LogP contribution < -0.4 is 10.5 Å². The molecule has 1 aliphatic rings. The summed E-state index contributed by atoms with van der Waals surface area (Å²) >= 11 is 8.44. The third kappa shape index (κ3) is 6.28. The van der Waals surface area contributed by atoms with Crippen LogP contribution in [0, 0.1) is 11.8 Å². The largest absolute Gasteiger partial charge is 0.497 e. The highest BCUT2D eigenvalue weighted by atomic mass is 35.5. The lowest BCUT2D eigenvalue weighted by Gasteiger charge is -2.37. The van der Waals surface area contributed by atoms with Crippen molar-refractivity contribution in [3.8, 4) is 5.75 Å². The van der Waals surface area contributed by atoms with Gasteiger partial charge in [0, 0.05) is 36.5 Å². The van der Waals surface area contributed by atoms with Crippen molar-refractivity contribution >= 4 is 40.2 Å². The Morgan fingerprint density at radius 1 is 1.44 bits per heavy atom. The zero-order valence-corrected chi connectivity index (χ0v) is 20.5. The zero-order valence-electron chi connectivity index (χ0n) is 18.9. The average Bonchev–Trinajstić information content (AvgIpc) is 2.80. The Bertz CT molecular complexity index is 913. The predicted octanol–water partition coefficient (Wildman–Crippen LogP) is 4.84. The third-order valence-corrected chi connectivity index (χ3v) is 7.81. The van der Waals surface area contributed by atoms with Gasteiger partial charge in [-0.05, 0) is 67.7 Å². The van der Waals surface area contributed by atoms with Gasteiger partial charge in [0.25, 0.3) is 0 Å². The van der Waals surface area contributed by atoms with E-state index in [1.165, 1.54) is 6.42 Å². The number of carboxylic acids is 1.